The Labute approximate surface area is 279 Å². The Hall–Kier alpha value is -4.75. The van der Waals surface area contributed by atoms with Crippen LogP contribution < -0.4 is 26.4 Å². The highest BCUT2D eigenvalue weighted by Gasteiger charge is 2.55. The van der Waals surface area contributed by atoms with Crippen LogP contribution in [-0.4, -0.2) is 33.9 Å². The van der Waals surface area contributed by atoms with Crippen LogP contribution in [0.4, 0.5) is 5.69 Å². The summed E-state index contributed by atoms with van der Waals surface area (Å²) >= 11 is 0. The second-order valence-corrected chi connectivity index (χ2v) is 12.6. The summed E-state index contributed by atoms with van der Waals surface area (Å²) in [7, 11) is 0. The molecule has 1 amide bonds. The van der Waals surface area contributed by atoms with Crippen LogP contribution in [0.2, 0.25) is 0 Å². The van der Waals surface area contributed by atoms with Gasteiger partial charge < -0.3 is 26.8 Å². The van der Waals surface area contributed by atoms with Crippen molar-refractivity contribution >= 4 is 39.2 Å². The van der Waals surface area contributed by atoms with E-state index in [-0.39, 0.29) is 53.3 Å². The van der Waals surface area contributed by atoms with E-state index in [2.05, 4.69) is 71.3 Å². The number of halogens is 1. The van der Waals surface area contributed by atoms with E-state index >= 15 is 0 Å². The molecule has 0 radical (unpaired) electrons. The normalized spacial score (nSPS) is 18.4. The molecule has 7 heteroatoms. The number of amides is 1. The van der Waals surface area contributed by atoms with E-state index in [4.69, 9.17) is 0 Å². The Morgan fingerprint density at radius 1 is 0.826 bits per heavy atom. The van der Waals surface area contributed by atoms with Crippen molar-refractivity contribution in [2.24, 2.45) is 0 Å². The molecule has 0 spiro atoms. The van der Waals surface area contributed by atoms with Gasteiger partial charge in [0.05, 0.1) is 0 Å². The van der Waals surface area contributed by atoms with E-state index in [1.165, 1.54) is 16.8 Å². The van der Waals surface area contributed by atoms with Gasteiger partial charge in [-0.2, -0.15) is 0 Å². The van der Waals surface area contributed by atoms with Gasteiger partial charge in [0.1, 0.15) is 6.17 Å². The number of anilines is 1. The maximum Gasteiger partial charge on any atom is 0.266 e. The fourth-order valence-electron chi connectivity index (χ4n) is 7.63. The van der Waals surface area contributed by atoms with Gasteiger partial charge in [0.2, 0.25) is 12.1 Å². The average molecular weight is 672 g/mol. The third-order valence-electron chi connectivity index (χ3n) is 9.85. The van der Waals surface area contributed by atoms with Crippen molar-refractivity contribution in [2.45, 2.75) is 44.6 Å². The minimum Gasteiger partial charge on any atom is -1.00 e. The summed E-state index contributed by atoms with van der Waals surface area (Å²) in [5.74, 6) is 0.124. The number of hydrogen-bond acceptors (Lipinski definition) is 3. The summed E-state index contributed by atoms with van der Waals surface area (Å²) in [4.78, 5) is 32.3. The fraction of sp³-hybridized carbons (Fsp3) is 0.205. The van der Waals surface area contributed by atoms with Gasteiger partial charge in [-0.25, -0.2) is 9.13 Å². The summed E-state index contributed by atoms with van der Waals surface area (Å²) in [6, 6.07) is 41.1. The molecule has 1 saturated heterocycles. The first-order chi connectivity index (χ1) is 22.0. The molecule has 8 rings (SSSR count). The van der Waals surface area contributed by atoms with Gasteiger partial charge in [0.25, 0.3) is 5.91 Å². The molecule has 1 aromatic heterocycles. The summed E-state index contributed by atoms with van der Waals surface area (Å²) in [6.45, 7) is 4.17. The molecule has 0 N–H and O–H groups in total. The number of rotatable bonds is 7. The number of imidazole rings is 1. The zero-order chi connectivity index (χ0) is 30.5. The average Bonchev–Trinajstić information content (AvgIpc) is 3.68. The third kappa shape index (κ3) is 4.99. The smallest absolute Gasteiger partial charge is 0.266 e. The summed E-state index contributed by atoms with van der Waals surface area (Å²) < 4.78 is 3.98. The van der Waals surface area contributed by atoms with Crippen molar-refractivity contribution in [3.63, 3.8) is 0 Å². The number of para-hydroxylation sites is 3. The molecular weight excluding hydrogens is 636 g/mol. The van der Waals surface area contributed by atoms with Crippen molar-refractivity contribution in [1.29, 1.82) is 0 Å². The van der Waals surface area contributed by atoms with E-state index in [1.807, 2.05) is 82.2 Å². The number of ketones is 1. The summed E-state index contributed by atoms with van der Waals surface area (Å²) in [6.07, 6.45) is 2.78. The lowest BCUT2D eigenvalue weighted by Crippen LogP contribution is -3.00. The predicted molar refractivity (Wildman–Crippen MR) is 177 cm³/mol. The second kappa shape index (κ2) is 11.9. The standard InChI is InChI=1S/C39H35N4O2.BrH/c1-39-21-22-42(38(39)43(24-28-11-3-2-4-12-28)33-16-8-7-15-32(33)39)37(45)26-41-27-40(34-17-9-10-18-35(34)41)25-36(44)31-20-19-29-13-5-6-14-30(29)23-31;/h2-20,23,27,38H,21-22,24-26H2,1H3;1H/q+1;/p-1. The molecule has 2 aliphatic heterocycles. The van der Waals surface area contributed by atoms with Crippen LogP contribution in [-0.2, 0) is 29.8 Å². The zero-order valence-corrected chi connectivity index (χ0v) is 27.3. The van der Waals surface area contributed by atoms with Gasteiger partial charge in [-0.05, 0) is 52.6 Å². The van der Waals surface area contributed by atoms with Gasteiger partial charge in [-0.1, -0.05) is 104 Å². The van der Waals surface area contributed by atoms with Crippen LogP contribution in [0.5, 0.6) is 0 Å². The third-order valence-corrected chi connectivity index (χ3v) is 9.85. The molecule has 1 fully saturated rings. The van der Waals surface area contributed by atoms with Crippen LogP contribution in [0.25, 0.3) is 21.8 Å². The molecule has 0 aliphatic carbocycles. The van der Waals surface area contributed by atoms with Crippen LogP contribution >= 0.6 is 0 Å². The molecule has 230 valence electrons. The van der Waals surface area contributed by atoms with Crippen molar-refractivity contribution in [3.05, 3.63) is 144 Å². The summed E-state index contributed by atoms with van der Waals surface area (Å²) in [5, 5.41) is 2.16. The number of benzene rings is 5. The van der Waals surface area contributed by atoms with Crippen LogP contribution in [0.1, 0.15) is 34.8 Å². The Morgan fingerprint density at radius 3 is 2.39 bits per heavy atom. The van der Waals surface area contributed by atoms with E-state index in [0.29, 0.717) is 12.1 Å². The molecule has 3 heterocycles. The number of carbonyl (C=O) groups is 2. The molecule has 6 nitrogen and oxygen atoms in total. The topological polar surface area (TPSA) is 49.4 Å². The summed E-state index contributed by atoms with van der Waals surface area (Å²) in [5.41, 5.74) is 6.17. The van der Waals surface area contributed by atoms with Gasteiger partial charge in [0.15, 0.2) is 24.1 Å². The van der Waals surface area contributed by atoms with Gasteiger partial charge in [0, 0.05) is 29.8 Å². The van der Waals surface area contributed by atoms with Crippen LogP contribution in [0.15, 0.2) is 128 Å². The van der Waals surface area contributed by atoms with E-state index in [9.17, 15) is 9.59 Å². The number of carbonyl (C=O) groups excluding carboxylic acids is 2. The van der Waals surface area contributed by atoms with Crippen molar-refractivity contribution in [3.8, 4) is 0 Å². The molecule has 2 aliphatic rings. The van der Waals surface area contributed by atoms with Crippen LogP contribution in [0, 0.1) is 0 Å². The molecule has 0 bridgehead atoms. The SMILES string of the molecule is CC12CCN(C(=O)Cn3c[n+](CC(=O)c4ccc5ccccc5c4)c4ccccc43)C1N(Cc1ccccc1)c1ccccc12.[Br-]. The maximum absolute atomic E-state index is 14.3. The second-order valence-electron chi connectivity index (χ2n) is 12.6. The lowest BCUT2D eigenvalue weighted by atomic mass is 9.81. The Balaban J connectivity index is 0.00000338. The monoisotopic (exact) mass is 670 g/mol. The molecule has 5 aromatic carbocycles. The Bertz CT molecular complexity index is 2090. The largest absolute Gasteiger partial charge is 1.00 e. The highest BCUT2D eigenvalue weighted by molar-refractivity contribution is 5.99. The lowest BCUT2D eigenvalue weighted by Gasteiger charge is -2.36. The fourth-order valence-corrected chi connectivity index (χ4v) is 7.63. The lowest BCUT2D eigenvalue weighted by molar-refractivity contribution is -0.657. The highest BCUT2D eigenvalue weighted by Crippen LogP contribution is 2.52. The van der Waals surface area contributed by atoms with Crippen molar-refractivity contribution in [1.82, 2.24) is 9.47 Å². The van der Waals surface area contributed by atoms with Crippen molar-refractivity contribution < 1.29 is 31.1 Å². The highest BCUT2D eigenvalue weighted by atomic mass is 79.9. The first-order valence-corrected chi connectivity index (χ1v) is 15.7. The minimum atomic E-state index is -0.147. The van der Waals surface area contributed by atoms with Gasteiger partial charge in [-0.3, -0.25) is 9.59 Å². The number of nitrogens with zero attached hydrogens (tertiary/aromatic N) is 4. The first-order valence-electron chi connectivity index (χ1n) is 15.7. The number of hydrogen-bond donors (Lipinski definition) is 0. The Kier molecular flexibility index (Phi) is 7.73. The predicted octanol–water partition coefficient (Wildman–Crippen LogP) is 3.51. The Morgan fingerprint density at radius 2 is 1.54 bits per heavy atom. The zero-order valence-electron chi connectivity index (χ0n) is 25.7. The molecule has 2 unspecified atom stereocenters. The quantitative estimate of drug-likeness (QED) is 0.193. The number of fused-ring (bicyclic) bond motifs is 5. The molecule has 0 saturated carbocycles. The van der Waals surface area contributed by atoms with E-state index in [0.717, 1.165) is 34.8 Å². The number of Topliss-reactive ketones (excluding diaryl/α,β-unsaturated/α-hetero) is 1. The maximum atomic E-state index is 14.3. The molecule has 2 atom stereocenters. The van der Waals surface area contributed by atoms with Crippen LogP contribution in [0.3, 0.4) is 0 Å². The molecular formula is C39H35BrN4O2. The van der Waals surface area contributed by atoms with Gasteiger partial charge in [-0.15, -0.1) is 0 Å². The van der Waals surface area contributed by atoms with E-state index < -0.39 is 0 Å². The van der Waals surface area contributed by atoms with Gasteiger partial charge >= 0.3 is 0 Å². The number of likely N-dealkylation sites (tertiary alicyclic amines) is 1. The number of aromatic nitrogens is 2. The molecule has 46 heavy (non-hydrogen) atoms. The van der Waals surface area contributed by atoms with E-state index in [1.54, 1.807) is 0 Å². The first kappa shape index (κ1) is 29.9. The van der Waals surface area contributed by atoms with Crippen molar-refractivity contribution in [2.75, 3.05) is 11.4 Å². The minimum absolute atomic E-state index is 0. The molecule has 6 aromatic rings.